The fraction of sp³-hybridized carbons (Fsp3) is 0.250. The van der Waals surface area contributed by atoms with Gasteiger partial charge in [0.05, 0.1) is 6.10 Å². The van der Waals surface area contributed by atoms with Crippen LogP contribution in [0.15, 0.2) is 18.2 Å². The zero-order chi connectivity index (χ0) is 12.3. The van der Waals surface area contributed by atoms with Crippen LogP contribution in [0, 0.1) is 0 Å². The largest absolute Gasteiger partial charge is 0.504 e. The maximum Gasteiger partial charge on any atom is 0.446 e. The van der Waals surface area contributed by atoms with Crippen molar-refractivity contribution in [3.05, 3.63) is 23.8 Å². The predicted molar refractivity (Wildman–Crippen MR) is 54.3 cm³/mol. The first kappa shape index (κ1) is 12.7. The van der Waals surface area contributed by atoms with Crippen molar-refractivity contribution in [2.24, 2.45) is 5.73 Å². The summed E-state index contributed by atoms with van der Waals surface area (Å²) < 4.78 is 33.4. The Balaban J connectivity index is 3.09. The van der Waals surface area contributed by atoms with Crippen molar-refractivity contribution >= 4 is 10.4 Å². The van der Waals surface area contributed by atoms with Gasteiger partial charge in [0.25, 0.3) is 0 Å². The summed E-state index contributed by atoms with van der Waals surface area (Å²) in [4.78, 5) is 0. The number of nitrogens with two attached hydrogens (primary N) is 1. The van der Waals surface area contributed by atoms with E-state index >= 15 is 0 Å². The van der Waals surface area contributed by atoms with E-state index in [9.17, 15) is 18.6 Å². The Morgan fingerprint density at radius 3 is 2.56 bits per heavy atom. The number of rotatable bonds is 4. The minimum atomic E-state index is -4.72. The van der Waals surface area contributed by atoms with Gasteiger partial charge in [-0.25, -0.2) is 0 Å². The van der Waals surface area contributed by atoms with Gasteiger partial charge in [-0.15, -0.1) is 0 Å². The first-order valence-electron chi connectivity index (χ1n) is 4.21. The molecule has 0 heterocycles. The van der Waals surface area contributed by atoms with Crippen LogP contribution in [0.2, 0.25) is 0 Å². The fourth-order valence-corrected chi connectivity index (χ4v) is 1.41. The minimum Gasteiger partial charge on any atom is -0.504 e. The molecule has 1 aromatic rings. The summed E-state index contributed by atoms with van der Waals surface area (Å²) in [5.74, 6) is -0.960. The maximum atomic E-state index is 10.4. The predicted octanol–water partition coefficient (Wildman–Crippen LogP) is -0.434. The molecule has 16 heavy (non-hydrogen) atoms. The lowest BCUT2D eigenvalue weighted by molar-refractivity contribution is 0.186. The Bertz CT molecular complexity index is 471. The van der Waals surface area contributed by atoms with Crippen LogP contribution >= 0.6 is 0 Å². The smallest absolute Gasteiger partial charge is 0.446 e. The number of phenolic OH excluding ortho intramolecular Hbond substituents is 1. The maximum absolute atomic E-state index is 10.4. The zero-order valence-electron chi connectivity index (χ0n) is 8.07. The molecule has 0 spiro atoms. The summed E-state index contributed by atoms with van der Waals surface area (Å²) in [6, 6.07) is 3.54. The van der Waals surface area contributed by atoms with E-state index in [4.69, 9.17) is 10.3 Å². The molecule has 0 aliphatic heterocycles. The van der Waals surface area contributed by atoms with Crippen molar-refractivity contribution in [2.45, 2.75) is 6.10 Å². The van der Waals surface area contributed by atoms with E-state index in [1.165, 1.54) is 6.07 Å². The molecule has 0 aliphatic rings. The van der Waals surface area contributed by atoms with Crippen LogP contribution in [0.5, 0.6) is 11.5 Å². The molecule has 0 amide bonds. The number of benzene rings is 1. The standard InChI is InChI=1S/C8H11NO6S/c9-4-7(11)5-1-2-6(10)8(3-5)15-16(12,13)14/h1-3,7,10-11H,4,9H2,(H,12,13,14). The van der Waals surface area contributed by atoms with Gasteiger partial charge in [-0.05, 0) is 17.7 Å². The number of aromatic hydroxyl groups is 1. The van der Waals surface area contributed by atoms with Crippen LogP contribution in [-0.4, -0.2) is 29.7 Å². The topological polar surface area (TPSA) is 130 Å². The average molecular weight is 249 g/mol. The van der Waals surface area contributed by atoms with Crippen LogP contribution in [0.1, 0.15) is 11.7 Å². The summed E-state index contributed by atoms with van der Waals surface area (Å²) in [5.41, 5.74) is 5.46. The molecule has 0 bridgehead atoms. The molecule has 7 nitrogen and oxygen atoms in total. The lowest BCUT2D eigenvalue weighted by Gasteiger charge is -2.10. The molecule has 0 saturated carbocycles. The normalized spacial score (nSPS) is 13.4. The van der Waals surface area contributed by atoms with E-state index in [0.29, 0.717) is 0 Å². The van der Waals surface area contributed by atoms with Gasteiger partial charge in [0.2, 0.25) is 0 Å². The number of phenols is 1. The molecule has 8 heteroatoms. The second-order valence-electron chi connectivity index (χ2n) is 2.99. The third-order valence-corrected chi connectivity index (χ3v) is 2.18. The van der Waals surface area contributed by atoms with Gasteiger partial charge in [0.15, 0.2) is 11.5 Å². The molecule has 1 aromatic carbocycles. The van der Waals surface area contributed by atoms with Crippen molar-refractivity contribution in [2.75, 3.05) is 6.54 Å². The lowest BCUT2D eigenvalue weighted by atomic mass is 10.1. The van der Waals surface area contributed by atoms with E-state index in [1.54, 1.807) is 0 Å². The molecule has 1 rings (SSSR count). The third kappa shape index (κ3) is 3.35. The molecule has 1 atom stereocenters. The molecule has 0 aliphatic carbocycles. The summed E-state index contributed by atoms with van der Waals surface area (Å²) in [7, 11) is -4.72. The van der Waals surface area contributed by atoms with E-state index in [1.807, 2.05) is 0 Å². The molecular weight excluding hydrogens is 238 g/mol. The van der Waals surface area contributed by atoms with Crippen LogP contribution in [0.25, 0.3) is 0 Å². The Hall–Kier alpha value is -1.35. The number of aliphatic hydroxyl groups excluding tert-OH is 1. The highest BCUT2D eigenvalue weighted by atomic mass is 32.3. The molecule has 0 radical (unpaired) electrons. The van der Waals surface area contributed by atoms with Gasteiger partial charge in [0, 0.05) is 6.54 Å². The Morgan fingerprint density at radius 1 is 1.44 bits per heavy atom. The second-order valence-corrected chi connectivity index (χ2v) is 4.01. The zero-order valence-corrected chi connectivity index (χ0v) is 8.88. The van der Waals surface area contributed by atoms with Gasteiger partial charge < -0.3 is 20.1 Å². The molecule has 5 N–H and O–H groups in total. The third-order valence-electron chi connectivity index (χ3n) is 1.79. The van der Waals surface area contributed by atoms with Gasteiger partial charge in [0.1, 0.15) is 0 Å². The SMILES string of the molecule is NCC(O)c1ccc(O)c(OS(=O)(=O)O)c1. The molecular formula is C8H11NO6S. The van der Waals surface area contributed by atoms with Gasteiger partial charge >= 0.3 is 10.4 Å². The van der Waals surface area contributed by atoms with Crippen molar-refractivity contribution in [3.63, 3.8) is 0 Å². The average Bonchev–Trinajstić information content (AvgIpc) is 2.18. The summed E-state index contributed by atoms with van der Waals surface area (Å²) >= 11 is 0. The highest BCUT2D eigenvalue weighted by Gasteiger charge is 2.14. The Labute approximate surface area is 92.0 Å². The Kier molecular flexibility index (Phi) is 3.70. The first-order valence-corrected chi connectivity index (χ1v) is 5.58. The van der Waals surface area contributed by atoms with Gasteiger partial charge in [-0.1, -0.05) is 6.07 Å². The molecule has 0 saturated heterocycles. The van der Waals surface area contributed by atoms with Crippen LogP contribution in [-0.2, 0) is 10.4 Å². The van der Waals surface area contributed by atoms with E-state index in [-0.39, 0.29) is 12.1 Å². The van der Waals surface area contributed by atoms with E-state index in [2.05, 4.69) is 4.18 Å². The van der Waals surface area contributed by atoms with Crippen molar-refractivity contribution in [1.82, 2.24) is 0 Å². The Morgan fingerprint density at radius 2 is 2.06 bits per heavy atom. The molecule has 1 unspecified atom stereocenters. The second kappa shape index (κ2) is 4.66. The number of hydrogen-bond donors (Lipinski definition) is 4. The van der Waals surface area contributed by atoms with Crippen molar-refractivity contribution in [1.29, 1.82) is 0 Å². The van der Waals surface area contributed by atoms with E-state index in [0.717, 1.165) is 12.1 Å². The first-order chi connectivity index (χ1) is 7.33. The number of hydrogen-bond acceptors (Lipinski definition) is 6. The van der Waals surface area contributed by atoms with Crippen molar-refractivity contribution < 1.29 is 27.4 Å². The van der Waals surface area contributed by atoms with Crippen LogP contribution in [0.4, 0.5) is 0 Å². The number of aliphatic hydroxyl groups is 1. The van der Waals surface area contributed by atoms with Gasteiger partial charge in [-0.3, -0.25) is 4.55 Å². The fourth-order valence-electron chi connectivity index (χ4n) is 1.05. The van der Waals surface area contributed by atoms with Crippen LogP contribution in [0.3, 0.4) is 0 Å². The lowest BCUT2D eigenvalue weighted by Crippen LogP contribution is -2.12. The quantitative estimate of drug-likeness (QED) is 0.532. The molecule has 0 aromatic heterocycles. The van der Waals surface area contributed by atoms with Crippen LogP contribution < -0.4 is 9.92 Å². The monoisotopic (exact) mass is 249 g/mol. The molecule has 0 fully saturated rings. The highest BCUT2D eigenvalue weighted by Crippen LogP contribution is 2.29. The summed E-state index contributed by atoms with van der Waals surface area (Å²) in [6.07, 6.45) is -1.01. The van der Waals surface area contributed by atoms with Gasteiger partial charge in [-0.2, -0.15) is 8.42 Å². The molecule has 90 valence electrons. The van der Waals surface area contributed by atoms with E-state index < -0.39 is 28.0 Å². The summed E-state index contributed by atoms with van der Waals surface area (Å²) in [6.45, 7) is -0.0733. The highest BCUT2D eigenvalue weighted by molar-refractivity contribution is 7.81. The van der Waals surface area contributed by atoms with Crippen molar-refractivity contribution in [3.8, 4) is 11.5 Å². The minimum absolute atomic E-state index is 0.0733. The summed E-state index contributed by atoms with van der Waals surface area (Å²) in [5, 5.41) is 18.6.